The van der Waals surface area contributed by atoms with Crippen molar-refractivity contribution in [1.82, 2.24) is 9.97 Å². The van der Waals surface area contributed by atoms with E-state index in [4.69, 9.17) is 15.9 Å². The smallest absolute Gasteiger partial charge is 0.249 e. The minimum Gasteiger partial charge on any atom is -0.437 e. The molecule has 2 rings (SSSR count). The zero-order valence-electron chi connectivity index (χ0n) is 8.72. The monoisotopic (exact) mass is 232 g/mol. The minimum atomic E-state index is -0.358. The van der Waals surface area contributed by atoms with Crippen LogP contribution in [0.1, 0.15) is 5.69 Å². The number of amidine groups is 1. The van der Waals surface area contributed by atoms with E-state index in [1.807, 2.05) is 0 Å². The fourth-order valence-corrected chi connectivity index (χ4v) is 1.20. The largest absolute Gasteiger partial charge is 0.437 e. The second-order valence-corrected chi connectivity index (χ2v) is 3.18. The molecule has 0 saturated carbocycles. The first kappa shape index (κ1) is 11.0. The molecule has 0 amide bonds. The van der Waals surface area contributed by atoms with Crippen LogP contribution in [0, 0.1) is 11.2 Å². The third-order valence-corrected chi connectivity index (χ3v) is 1.95. The Hall–Kier alpha value is -2.50. The summed E-state index contributed by atoms with van der Waals surface area (Å²) in [5.41, 5.74) is 5.48. The molecule has 1 heterocycles. The van der Waals surface area contributed by atoms with Gasteiger partial charge >= 0.3 is 0 Å². The molecule has 0 fully saturated rings. The number of benzene rings is 1. The molecular weight excluding hydrogens is 223 g/mol. The molecule has 86 valence electrons. The first-order valence-electron chi connectivity index (χ1n) is 4.75. The first-order chi connectivity index (χ1) is 8.16. The Morgan fingerprint density at radius 2 is 1.82 bits per heavy atom. The van der Waals surface area contributed by atoms with Gasteiger partial charge in [-0.25, -0.2) is 14.4 Å². The third kappa shape index (κ3) is 2.54. The lowest BCUT2D eigenvalue weighted by Gasteiger charge is -2.07. The van der Waals surface area contributed by atoms with Crippen LogP contribution in [0.3, 0.4) is 0 Å². The second-order valence-electron chi connectivity index (χ2n) is 3.18. The molecule has 5 nitrogen and oxygen atoms in total. The number of nitrogen functional groups attached to an aromatic ring is 1. The maximum atomic E-state index is 12.7. The highest BCUT2D eigenvalue weighted by Crippen LogP contribution is 2.21. The quantitative estimate of drug-likeness (QED) is 0.623. The summed E-state index contributed by atoms with van der Waals surface area (Å²) < 4.78 is 18.1. The molecule has 17 heavy (non-hydrogen) atoms. The summed E-state index contributed by atoms with van der Waals surface area (Å²) in [5.74, 6) is -0.0838. The average molecular weight is 232 g/mol. The van der Waals surface area contributed by atoms with Gasteiger partial charge in [-0.2, -0.15) is 0 Å². The second kappa shape index (κ2) is 4.56. The summed E-state index contributed by atoms with van der Waals surface area (Å²) in [6.07, 6.45) is 2.83. The Morgan fingerprint density at radius 3 is 2.47 bits per heavy atom. The van der Waals surface area contributed by atoms with Crippen LogP contribution in [0.25, 0.3) is 0 Å². The maximum absolute atomic E-state index is 12.7. The highest BCUT2D eigenvalue weighted by molar-refractivity contribution is 5.95. The zero-order chi connectivity index (χ0) is 12.3. The van der Waals surface area contributed by atoms with Crippen molar-refractivity contribution in [3.05, 3.63) is 48.2 Å². The molecule has 1 aromatic carbocycles. The van der Waals surface area contributed by atoms with E-state index in [2.05, 4.69) is 9.97 Å². The van der Waals surface area contributed by atoms with Crippen LogP contribution in [0.5, 0.6) is 11.6 Å². The molecule has 0 saturated heterocycles. The number of ether oxygens (including phenoxy) is 1. The number of rotatable bonds is 3. The van der Waals surface area contributed by atoms with E-state index >= 15 is 0 Å². The molecule has 2 aromatic rings. The van der Waals surface area contributed by atoms with Crippen LogP contribution in [-0.2, 0) is 0 Å². The van der Waals surface area contributed by atoms with Gasteiger partial charge in [0.15, 0.2) is 5.69 Å². The Balaban J connectivity index is 2.30. The van der Waals surface area contributed by atoms with E-state index in [-0.39, 0.29) is 23.2 Å². The predicted molar refractivity (Wildman–Crippen MR) is 59.5 cm³/mol. The molecule has 3 N–H and O–H groups in total. The molecule has 6 heteroatoms. The topological polar surface area (TPSA) is 84.9 Å². The van der Waals surface area contributed by atoms with Crippen LogP contribution in [0.15, 0.2) is 36.7 Å². The summed E-state index contributed by atoms with van der Waals surface area (Å²) >= 11 is 0. The first-order valence-corrected chi connectivity index (χ1v) is 4.75. The zero-order valence-corrected chi connectivity index (χ0v) is 8.72. The number of nitrogens with zero attached hydrogens (tertiary/aromatic N) is 2. The van der Waals surface area contributed by atoms with Crippen LogP contribution in [0.2, 0.25) is 0 Å². The number of aromatic nitrogens is 2. The highest BCUT2D eigenvalue weighted by atomic mass is 19.1. The molecule has 0 aliphatic carbocycles. The van der Waals surface area contributed by atoms with E-state index < -0.39 is 0 Å². The highest BCUT2D eigenvalue weighted by Gasteiger charge is 2.10. The average Bonchev–Trinajstić information content (AvgIpc) is 2.32. The Bertz CT molecular complexity index is 541. The molecule has 1 aromatic heterocycles. The van der Waals surface area contributed by atoms with Gasteiger partial charge in [-0.1, -0.05) is 0 Å². The Morgan fingerprint density at radius 1 is 1.18 bits per heavy atom. The van der Waals surface area contributed by atoms with E-state index in [1.165, 1.54) is 36.7 Å². The van der Waals surface area contributed by atoms with E-state index in [0.29, 0.717) is 5.75 Å². The van der Waals surface area contributed by atoms with E-state index in [0.717, 1.165) is 0 Å². The summed E-state index contributed by atoms with van der Waals surface area (Å²) in [6.45, 7) is 0. The van der Waals surface area contributed by atoms with Gasteiger partial charge < -0.3 is 10.5 Å². The van der Waals surface area contributed by atoms with Crippen molar-refractivity contribution in [1.29, 1.82) is 5.41 Å². The summed E-state index contributed by atoms with van der Waals surface area (Å²) in [5, 5.41) is 7.31. The van der Waals surface area contributed by atoms with Crippen molar-refractivity contribution >= 4 is 5.84 Å². The minimum absolute atomic E-state index is 0.117. The predicted octanol–water partition coefficient (Wildman–Crippen LogP) is 1.69. The van der Waals surface area contributed by atoms with Crippen molar-refractivity contribution in [2.45, 2.75) is 0 Å². The third-order valence-electron chi connectivity index (χ3n) is 1.95. The lowest BCUT2D eigenvalue weighted by molar-refractivity contribution is 0.457. The molecule has 0 spiro atoms. The molecule has 0 radical (unpaired) electrons. The summed E-state index contributed by atoms with van der Waals surface area (Å²) in [7, 11) is 0. The van der Waals surface area contributed by atoms with Gasteiger partial charge in [-0.05, 0) is 24.3 Å². The van der Waals surface area contributed by atoms with Gasteiger partial charge in [0.05, 0.1) is 0 Å². The molecule has 0 aliphatic rings. The Labute approximate surface area is 96.6 Å². The maximum Gasteiger partial charge on any atom is 0.249 e. The number of nitrogens with one attached hydrogen (secondary N) is 1. The summed E-state index contributed by atoms with van der Waals surface area (Å²) in [4.78, 5) is 7.80. The Kier molecular flexibility index (Phi) is 2.95. The van der Waals surface area contributed by atoms with Crippen molar-refractivity contribution in [2.24, 2.45) is 5.73 Å². The van der Waals surface area contributed by atoms with Gasteiger partial charge in [-0.15, -0.1) is 0 Å². The van der Waals surface area contributed by atoms with Gasteiger partial charge in [0.1, 0.15) is 17.4 Å². The van der Waals surface area contributed by atoms with Crippen molar-refractivity contribution in [3.8, 4) is 11.6 Å². The molecule has 0 aliphatic heterocycles. The van der Waals surface area contributed by atoms with Crippen LogP contribution < -0.4 is 10.5 Å². The van der Waals surface area contributed by atoms with Gasteiger partial charge in [0, 0.05) is 12.4 Å². The fraction of sp³-hybridized carbons (Fsp3) is 0. The lowest BCUT2D eigenvalue weighted by atomic mass is 10.3. The number of halogens is 1. The standard InChI is InChI=1S/C11H9FN4O/c12-7-1-3-8(4-2-7)17-11-9(10(13)14)15-5-6-16-11/h1-6H,(H3,13,14). The molecule has 0 unspecified atom stereocenters. The fourth-order valence-electron chi connectivity index (χ4n) is 1.20. The van der Waals surface area contributed by atoms with Crippen LogP contribution in [-0.4, -0.2) is 15.8 Å². The van der Waals surface area contributed by atoms with Crippen molar-refractivity contribution in [2.75, 3.05) is 0 Å². The molecule has 0 bridgehead atoms. The lowest BCUT2D eigenvalue weighted by Crippen LogP contribution is -2.15. The number of hydrogen-bond acceptors (Lipinski definition) is 4. The van der Waals surface area contributed by atoms with Crippen molar-refractivity contribution < 1.29 is 9.13 Å². The van der Waals surface area contributed by atoms with E-state index in [9.17, 15) is 4.39 Å². The van der Waals surface area contributed by atoms with Gasteiger partial charge in [0.25, 0.3) is 0 Å². The van der Waals surface area contributed by atoms with Crippen LogP contribution in [0.4, 0.5) is 4.39 Å². The van der Waals surface area contributed by atoms with Crippen molar-refractivity contribution in [3.63, 3.8) is 0 Å². The van der Waals surface area contributed by atoms with Gasteiger partial charge in [0.2, 0.25) is 5.88 Å². The number of hydrogen-bond donors (Lipinski definition) is 2. The summed E-state index contributed by atoms with van der Waals surface area (Å²) in [6, 6.07) is 5.43. The van der Waals surface area contributed by atoms with Gasteiger partial charge in [-0.3, -0.25) is 5.41 Å². The SMILES string of the molecule is N=C(N)c1nccnc1Oc1ccc(F)cc1. The van der Waals surface area contributed by atoms with Crippen LogP contribution >= 0.6 is 0 Å². The number of nitrogens with two attached hydrogens (primary N) is 1. The molecule has 0 atom stereocenters. The van der Waals surface area contributed by atoms with E-state index in [1.54, 1.807) is 0 Å². The molecular formula is C11H9FN4O. The normalized spacial score (nSPS) is 9.94.